The summed E-state index contributed by atoms with van der Waals surface area (Å²) < 4.78 is 11.4. The van der Waals surface area contributed by atoms with E-state index in [9.17, 15) is 4.79 Å². The molecule has 1 fully saturated rings. The lowest BCUT2D eigenvalue weighted by Crippen LogP contribution is -2.47. The number of nitrogens with zero attached hydrogens (tertiary/aromatic N) is 1. The summed E-state index contributed by atoms with van der Waals surface area (Å²) in [5.41, 5.74) is 1.75. The molecule has 4 heteroatoms. The summed E-state index contributed by atoms with van der Waals surface area (Å²) in [4.78, 5) is 14.7. The number of ketones is 1. The number of aryl methyl sites for hydroxylation is 1. The van der Waals surface area contributed by atoms with Gasteiger partial charge in [0.15, 0.2) is 5.78 Å². The van der Waals surface area contributed by atoms with Crippen LogP contribution >= 0.6 is 0 Å². The van der Waals surface area contributed by atoms with Crippen molar-refractivity contribution in [3.63, 3.8) is 0 Å². The third-order valence-corrected chi connectivity index (χ3v) is 3.72. The van der Waals surface area contributed by atoms with Crippen molar-refractivity contribution in [2.45, 2.75) is 52.9 Å². The Kier molecular flexibility index (Phi) is 5.59. The molecule has 1 saturated heterocycles. The van der Waals surface area contributed by atoms with E-state index >= 15 is 0 Å². The number of ether oxygens (including phenoxy) is 2. The highest BCUT2D eigenvalue weighted by molar-refractivity contribution is 5.98. The lowest BCUT2D eigenvalue weighted by Gasteiger charge is -2.34. The van der Waals surface area contributed by atoms with Crippen LogP contribution in [-0.2, 0) is 4.74 Å². The van der Waals surface area contributed by atoms with Crippen molar-refractivity contribution in [3.8, 4) is 5.75 Å². The number of hydrogen-bond acceptors (Lipinski definition) is 4. The molecule has 0 aromatic heterocycles. The minimum Gasteiger partial charge on any atom is -0.491 e. The SMILES string of the molecule is Cc1cc(C(=O)CN2CC(C)OC(C)C2)ccc1OC(C)C. The van der Waals surface area contributed by atoms with Gasteiger partial charge in [-0.1, -0.05) is 0 Å². The number of carbonyl (C=O) groups excluding carboxylic acids is 1. The van der Waals surface area contributed by atoms with Crippen LogP contribution in [0, 0.1) is 6.92 Å². The molecule has 1 aromatic rings. The normalized spacial score (nSPS) is 22.8. The van der Waals surface area contributed by atoms with Crippen molar-refractivity contribution in [2.75, 3.05) is 19.6 Å². The van der Waals surface area contributed by atoms with Crippen LogP contribution in [0.3, 0.4) is 0 Å². The van der Waals surface area contributed by atoms with E-state index < -0.39 is 0 Å². The first-order valence-corrected chi connectivity index (χ1v) is 8.03. The molecule has 4 nitrogen and oxygen atoms in total. The van der Waals surface area contributed by atoms with E-state index in [1.54, 1.807) is 0 Å². The number of Topliss-reactive ketones (excluding diaryl/α,β-unsaturated/α-hetero) is 1. The van der Waals surface area contributed by atoms with Crippen LogP contribution in [0.25, 0.3) is 0 Å². The van der Waals surface area contributed by atoms with E-state index in [1.165, 1.54) is 0 Å². The molecule has 0 spiro atoms. The summed E-state index contributed by atoms with van der Waals surface area (Å²) in [6.07, 6.45) is 0.497. The van der Waals surface area contributed by atoms with Crippen molar-refractivity contribution >= 4 is 5.78 Å². The second kappa shape index (κ2) is 7.25. The summed E-state index contributed by atoms with van der Waals surface area (Å²) >= 11 is 0. The average Bonchev–Trinajstić information content (AvgIpc) is 2.39. The van der Waals surface area contributed by atoms with Gasteiger partial charge in [-0.25, -0.2) is 0 Å². The van der Waals surface area contributed by atoms with Crippen LogP contribution in [0.4, 0.5) is 0 Å². The Labute approximate surface area is 133 Å². The van der Waals surface area contributed by atoms with Crippen molar-refractivity contribution < 1.29 is 14.3 Å². The van der Waals surface area contributed by atoms with Gasteiger partial charge in [0.05, 0.1) is 24.9 Å². The molecule has 2 unspecified atom stereocenters. The zero-order valence-corrected chi connectivity index (χ0v) is 14.3. The maximum Gasteiger partial charge on any atom is 0.176 e. The van der Waals surface area contributed by atoms with Crippen LogP contribution in [0.2, 0.25) is 0 Å². The van der Waals surface area contributed by atoms with Crippen LogP contribution in [0.1, 0.15) is 43.6 Å². The van der Waals surface area contributed by atoms with Crippen LogP contribution in [0.5, 0.6) is 5.75 Å². The highest BCUT2D eigenvalue weighted by Gasteiger charge is 2.24. The molecule has 2 atom stereocenters. The van der Waals surface area contributed by atoms with Crippen molar-refractivity contribution in [2.24, 2.45) is 0 Å². The molecule has 1 aliphatic heterocycles. The number of hydrogen-bond donors (Lipinski definition) is 0. The molecule has 0 bridgehead atoms. The van der Waals surface area contributed by atoms with Crippen LogP contribution in [0.15, 0.2) is 18.2 Å². The second-order valence-electron chi connectivity index (χ2n) is 6.52. The van der Waals surface area contributed by atoms with E-state index in [0.717, 1.165) is 30.0 Å². The van der Waals surface area contributed by atoms with Crippen molar-refractivity contribution in [3.05, 3.63) is 29.3 Å². The quantitative estimate of drug-likeness (QED) is 0.784. The first-order valence-electron chi connectivity index (χ1n) is 8.03. The van der Waals surface area contributed by atoms with Gasteiger partial charge < -0.3 is 9.47 Å². The molecule has 2 rings (SSSR count). The molecule has 0 aliphatic carbocycles. The molecule has 0 saturated carbocycles. The number of rotatable bonds is 5. The standard InChI is InChI=1S/C18H27NO3/c1-12(2)21-18-7-6-16(8-13(18)3)17(20)11-19-9-14(4)22-15(5)10-19/h6-8,12,14-15H,9-11H2,1-5H3. The largest absolute Gasteiger partial charge is 0.491 e. The third kappa shape index (κ3) is 4.55. The minimum absolute atomic E-state index is 0.136. The van der Waals surface area contributed by atoms with Crippen LogP contribution in [-0.4, -0.2) is 48.6 Å². The summed E-state index contributed by atoms with van der Waals surface area (Å²) in [5.74, 6) is 1.00. The third-order valence-electron chi connectivity index (χ3n) is 3.72. The molecule has 0 N–H and O–H groups in total. The fourth-order valence-electron chi connectivity index (χ4n) is 2.92. The van der Waals surface area contributed by atoms with Gasteiger partial charge in [0.25, 0.3) is 0 Å². The van der Waals surface area contributed by atoms with E-state index in [1.807, 2.05) is 39.0 Å². The molecule has 0 amide bonds. The predicted octanol–water partition coefficient (Wildman–Crippen LogP) is 3.07. The van der Waals surface area contributed by atoms with Gasteiger partial charge in [-0.15, -0.1) is 0 Å². The van der Waals surface area contributed by atoms with Gasteiger partial charge in [-0.2, -0.15) is 0 Å². The van der Waals surface area contributed by atoms with Gasteiger partial charge in [-0.3, -0.25) is 9.69 Å². The lowest BCUT2D eigenvalue weighted by atomic mass is 10.1. The maximum absolute atomic E-state index is 12.5. The lowest BCUT2D eigenvalue weighted by molar-refractivity contribution is -0.0652. The molecule has 0 radical (unpaired) electrons. The molecule has 1 aliphatic rings. The highest BCUT2D eigenvalue weighted by Crippen LogP contribution is 2.21. The summed E-state index contributed by atoms with van der Waals surface area (Å²) in [6.45, 7) is 12.1. The first-order chi connectivity index (χ1) is 10.3. The van der Waals surface area contributed by atoms with E-state index in [4.69, 9.17) is 9.47 Å². The summed E-state index contributed by atoms with van der Waals surface area (Å²) in [7, 11) is 0. The number of morpholine rings is 1. The summed E-state index contributed by atoms with van der Waals surface area (Å²) in [6, 6.07) is 5.68. The minimum atomic E-state index is 0.136. The zero-order chi connectivity index (χ0) is 16.3. The molecular weight excluding hydrogens is 278 g/mol. The van der Waals surface area contributed by atoms with Gasteiger partial charge in [-0.05, 0) is 58.4 Å². The van der Waals surface area contributed by atoms with Crippen molar-refractivity contribution in [1.82, 2.24) is 4.90 Å². The summed E-state index contributed by atoms with van der Waals surface area (Å²) in [5, 5.41) is 0. The average molecular weight is 305 g/mol. The fourth-order valence-corrected chi connectivity index (χ4v) is 2.92. The van der Waals surface area contributed by atoms with Gasteiger partial charge in [0.2, 0.25) is 0 Å². The smallest absolute Gasteiger partial charge is 0.176 e. The zero-order valence-electron chi connectivity index (χ0n) is 14.3. The molecule has 22 heavy (non-hydrogen) atoms. The maximum atomic E-state index is 12.5. The van der Waals surface area contributed by atoms with Crippen molar-refractivity contribution in [1.29, 1.82) is 0 Å². The Morgan fingerprint density at radius 3 is 2.50 bits per heavy atom. The Morgan fingerprint density at radius 1 is 1.32 bits per heavy atom. The molecular formula is C18H27NO3. The molecule has 1 aromatic carbocycles. The van der Waals surface area contributed by atoms with Gasteiger partial charge in [0.1, 0.15) is 5.75 Å². The Bertz CT molecular complexity index is 517. The van der Waals surface area contributed by atoms with Gasteiger partial charge >= 0.3 is 0 Å². The van der Waals surface area contributed by atoms with Crippen LogP contribution < -0.4 is 4.74 Å². The van der Waals surface area contributed by atoms with E-state index in [0.29, 0.717) is 6.54 Å². The highest BCUT2D eigenvalue weighted by atomic mass is 16.5. The van der Waals surface area contributed by atoms with E-state index in [2.05, 4.69) is 18.7 Å². The Hall–Kier alpha value is -1.39. The molecule has 1 heterocycles. The topological polar surface area (TPSA) is 38.8 Å². The second-order valence-corrected chi connectivity index (χ2v) is 6.52. The first kappa shape index (κ1) is 17.0. The Balaban J connectivity index is 2.02. The van der Waals surface area contributed by atoms with E-state index in [-0.39, 0.29) is 24.1 Å². The number of benzene rings is 1. The Morgan fingerprint density at radius 2 is 1.95 bits per heavy atom. The molecule has 122 valence electrons. The van der Waals surface area contributed by atoms with Gasteiger partial charge in [0, 0.05) is 18.7 Å². The fraction of sp³-hybridized carbons (Fsp3) is 0.611. The predicted molar refractivity (Wildman–Crippen MR) is 87.7 cm³/mol. The number of carbonyl (C=O) groups is 1. The monoisotopic (exact) mass is 305 g/mol.